The second kappa shape index (κ2) is 8.24. The second-order valence-electron chi connectivity index (χ2n) is 5.66. The third kappa shape index (κ3) is 4.32. The molecule has 0 atom stereocenters. The lowest BCUT2D eigenvalue weighted by molar-refractivity contribution is 0.272. The van der Waals surface area contributed by atoms with Crippen molar-refractivity contribution in [2.75, 3.05) is 38.1 Å². The Morgan fingerprint density at radius 2 is 1.83 bits per heavy atom. The minimum absolute atomic E-state index is 0.271. The molecule has 1 aliphatic rings. The molecule has 2 aromatic rings. The first-order valence-corrected chi connectivity index (χ1v) is 8.37. The molecule has 0 aliphatic carbocycles. The Hall–Kier alpha value is -1.95. The van der Waals surface area contributed by atoms with Gasteiger partial charge in [-0.3, -0.25) is 10.3 Å². The topological polar surface area (TPSA) is 39.7 Å². The average Bonchev–Trinajstić information content (AvgIpc) is 2.61. The zero-order valence-electron chi connectivity index (χ0n) is 13.3. The fourth-order valence-electron chi connectivity index (χ4n) is 2.64. The predicted octanol–water partition coefficient (Wildman–Crippen LogP) is 3.20. The highest BCUT2D eigenvalue weighted by atomic mass is 35.5. The summed E-state index contributed by atoms with van der Waals surface area (Å²) in [6.07, 6.45) is 0. The van der Waals surface area contributed by atoms with Gasteiger partial charge in [0, 0.05) is 38.3 Å². The number of halogens is 2. The summed E-state index contributed by atoms with van der Waals surface area (Å²) in [4.78, 5) is 2.26. The number of benzene rings is 2. The molecule has 2 aromatic carbocycles. The third-order valence-corrected chi connectivity index (χ3v) is 4.28. The predicted molar refractivity (Wildman–Crippen MR) is 97.3 cm³/mol. The van der Waals surface area contributed by atoms with Gasteiger partial charge in [0.1, 0.15) is 5.82 Å². The SMILES string of the molecule is Fc1ccccc1C(CN1CCNCC1)=NNc1ccccc1Cl. The third-order valence-electron chi connectivity index (χ3n) is 3.95. The van der Waals surface area contributed by atoms with Crippen LogP contribution in [0.1, 0.15) is 5.56 Å². The van der Waals surface area contributed by atoms with E-state index in [2.05, 4.69) is 20.7 Å². The van der Waals surface area contributed by atoms with Crippen molar-refractivity contribution in [3.63, 3.8) is 0 Å². The number of nitrogens with one attached hydrogen (secondary N) is 2. The Kier molecular flexibility index (Phi) is 5.80. The van der Waals surface area contributed by atoms with Crippen LogP contribution in [-0.2, 0) is 0 Å². The van der Waals surface area contributed by atoms with Crippen molar-refractivity contribution >= 4 is 23.0 Å². The Bertz CT molecular complexity index is 714. The maximum Gasteiger partial charge on any atom is 0.132 e. The van der Waals surface area contributed by atoms with Crippen molar-refractivity contribution in [1.29, 1.82) is 0 Å². The summed E-state index contributed by atoms with van der Waals surface area (Å²) in [5, 5.41) is 8.36. The molecule has 24 heavy (non-hydrogen) atoms. The average molecular weight is 347 g/mol. The van der Waals surface area contributed by atoms with Gasteiger partial charge in [0.15, 0.2) is 0 Å². The largest absolute Gasteiger partial charge is 0.314 e. The van der Waals surface area contributed by atoms with Crippen LogP contribution in [0.2, 0.25) is 5.02 Å². The summed E-state index contributed by atoms with van der Waals surface area (Å²) < 4.78 is 14.2. The molecular formula is C18H20ClFN4. The molecule has 0 spiro atoms. The monoisotopic (exact) mass is 346 g/mol. The van der Waals surface area contributed by atoms with Crippen LogP contribution in [0.4, 0.5) is 10.1 Å². The van der Waals surface area contributed by atoms with E-state index in [0.717, 1.165) is 26.2 Å². The van der Waals surface area contributed by atoms with E-state index in [9.17, 15) is 4.39 Å². The molecule has 0 bridgehead atoms. The molecule has 2 N–H and O–H groups in total. The highest BCUT2D eigenvalue weighted by molar-refractivity contribution is 6.33. The van der Waals surface area contributed by atoms with E-state index in [1.807, 2.05) is 24.3 Å². The number of nitrogens with zero attached hydrogens (tertiary/aromatic N) is 2. The van der Waals surface area contributed by atoms with Gasteiger partial charge in [-0.25, -0.2) is 4.39 Å². The summed E-state index contributed by atoms with van der Waals surface area (Å²) in [6.45, 7) is 4.28. The van der Waals surface area contributed by atoms with Gasteiger partial charge in [0.05, 0.1) is 16.4 Å². The van der Waals surface area contributed by atoms with Crippen molar-refractivity contribution in [1.82, 2.24) is 10.2 Å². The fraction of sp³-hybridized carbons (Fsp3) is 0.278. The molecule has 0 amide bonds. The first-order chi connectivity index (χ1) is 11.7. The summed E-state index contributed by atoms with van der Waals surface area (Å²) in [5.41, 5.74) is 4.85. The number of piperazine rings is 1. The maximum absolute atomic E-state index is 14.2. The number of hydrazone groups is 1. The van der Waals surface area contributed by atoms with Crippen molar-refractivity contribution in [3.05, 3.63) is 64.9 Å². The van der Waals surface area contributed by atoms with E-state index in [-0.39, 0.29) is 5.82 Å². The van der Waals surface area contributed by atoms with Gasteiger partial charge >= 0.3 is 0 Å². The van der Waals surface area contributed by atoms with Crippen LogP contribution in [0.25, 0.3) is 0 Å². The Labute approximate surface area is 146 Å². The summed E-state index contributed by atoms with van der Waals surface area (Å²) in [6, 6.07) is 14.1. The van der Waals surface area contributed by atoms with E-state index in [0.29, 0.717) is 28.5 Å². The summed E-state index contributed by atoms with van der Waals surface area (Å²) >= 11 is 6.15. The lowest BCUT2D eigenvalue weighted by Crippen LogP contribution is -2.45. The maximum atomic E-state index is 14.2. The molecule has 6 heteroatoms. The van der Waals surface area contributed by atoms with Crippen molar-refractivity contribution < 1.29 is 4.39 Å². The number of hydrogen-bond donors (Lipinski definition) is 2. The number of para-hydroxylation sites is 1. The Balaban J connectivity index is 1.85. The number of rotatable bonds is 5. The van der Waals surface area contributed by atoms with Crippen LogP contribution in [0.3, 0.4) is 0 Å². The lowest BCUT2D eigenvalue weighted by atomic mass is 10.1. The number of hydrogen-bond acceptors (Lipinski definition) is 4. The Morgan fingerprint density at radius 1 is 1.12 bits per heavy atom. The molecule has 0 aromatic heterocycles. The molecule has 1 aliphatic heterocycles. The normalized spacial score (nSPS) is 16.2. The minimum atomic E-state index is -0.271. The first kappa shape index (κ1) is 16.9. The van der Waals surface area contributed by atoms with Crippen LogP contribution in [0, 0.1) is 5.82 Å². The van der Waals surface area contributed by atoms with E-state index < -0.39 is 0 Å². The highest BCUT2D eigenvalue weighted by Gasteiger charge is 2.16. The fourth-order valence-corrected chi connectivity index (χ4v) is 2.81. The Morgan fingerprint density at radius 3 is 2.58 bits per heavy atom. The molecule has 1 heterocycles. The van der Waals surface area contributed by atoms with Gasteiger partial charge in [0.2, 0.25) is 0 Å². The van der Waals surface area contributed by atoms with Crippen LogP contribution in [0.15, 0.2) is 53.6 Å². The standard InChI is InChI=1S/C18H20ClFN4/c19-15-6-2-4-8-17(15)22-23-18(13-24-11-9-21-10-12-24)14-5-1-3-7-16(14)20/h1-8,21-22H,9-13H2. The van der Waals surface area contributed by atoms with E-state index >= 15 is 0 Å². The van der Waals surface area contributed by atoms with Gasteiger partial charge in [-0.05, 0) is 18.2 Å². The van der Waals surface area contributed by atoms with Crippen LogP contribution >= 0.6 is 11.6 Å². The molecule has 1 saturated heterocycles. The van der Waals surface area contributed by atoms with E-state index in [4.69, 9.17) is 11.6 Å². The molecule has 3 rings (SSSR count). The van der Waals surface area contributed by atoms with Crippen molar-refractivity contribution in [2.45, 2.75) is 0 Å². The van der Waals surface area contributed by atoms with Gasteiger partial charge in [0.25, 0.3) is 0 Å². The minimum Gasteiger partial charge on any atom is -0.314 e. The molecular weight excluding hydrogens is 327 g/mol. The van der Waals surface area contributed by atoms with Gasteiger partial charge in [-0.2, -0.15) is 5.10 Å². The van der Waals surface area contributed by atoms with Crippen LogP contribution < -0.4 is 10.7 Å². The van der Waals surface area contributed by atoms with Crippen LogP contribution in [0.5, 0.6) is 0 Å². The summed E-state index contributed by atoms with van der Waals surface area (Å²) in [5.74, 6) is -0.271. The van der Waals surface area contributed by atoms with E-state index in [1.165, 1.54) is 6.07 Å². The smallest absolute Gasteiger partial charge is 0.132 e. The first-order valence-electron chi connectivity index (χ1n) is 7.99. The lowest BCUT2D eigenvalue weighted by Gasteiger charge is -2.27. The molecule has 0 unspecified atom stereocenters. The zero-order valence-corrected chi connectivity index (χ0v) is 14.1. The zero-order chi connectivity index (χ0) is 16.8. The van der Waals surface area contributed by atoms with E-state index in [1.54, 1.807) is 18.2 Å². The number of anilines is 1. The highest BCUT2D eigenvalue weighted by Crippen LogP contribution is 2.20. The van der Waals surface area contributed by atoms with Gasteiger partial charge in [-0.15, -0.1) is 0 Å². The quantitative estimate of drug-likeness (QED) is 0.645. The molecule has 0 saturated carbocycles. The van der Waals surface area contributed by atoms with Gasteiger partial charge in [-0.1, -0.05) is 41.9 Å². The molecule has 126 valence electrons. The van der Waals surface area contributed by atoms with Crippen molar-refractivity contribution in [2.24, 2.45) is 5.10 Å². The molecule has 4 nitrogen and oxygen atoms in total. The molecule has 0 radical (unpaired) electrons. The molecule has 1 fully saturated rings. The van der Waals surface area contributed by atoms with Gasteiger partial charge < -0.3 is 5.32 Å². The van der Waals surface area contributed by atoms with Crippen molar-refractivity contribution in [3.8, 4) is 0 Å². The van der Waals surface area contributed by atoms with Crippen LogP contribution in [-0.4, -0.2) is 43.3 Å². The summed E-state index contributed by atoms with van der Waals surface area (Å²) in [7, 11) is 0. The second-order valence-corrected chi connectivity index (χ2v) is 6.06.